The standard InChI is InChI=1S/C24H25FN6O/c1-3-16-6-5-9-19(25)24(16)31-21(32)15-20-23(28-31)22(27-26-20)17-7-4-8-18(14-17)30-12-10-29(2)11-13-30/h4-9,14-15,26H,3,10-13H2,1-2H3. The third-order valence-electron chi connectivity index (χ3n) is 6.10. The minimum Gasteiger partial charge on any atom is -0.369 e. The van der Waals surface area contributed by atoms with E-state index < -0.39 is 11.4 Å². The topological polar surface area (TPSA) is 70.1 Å². The number of anilines is 1. The Morgan fingerprint density at radius 1 is 1.06 bits per heavy atom. The van der Waals surface area contributed by atoms with Crippen LogP contribution in [0.5, 0.6) is 0 Å². The van der Waals surface area contributed by atoms with E-state index in [-0.39, 0.29) is 5.69 Å². The molecule has 0 radical (unpaired) electrons. The lowest BCUT2D eigenvalue weighted by Crippen LogP contribution is -2.44. The zero-order chi connectivity index (χ0) is 22.2. The summed E-state index contributed by atoms with van der Waals surface area (Å²) < 4.78 is 15.9. The van der Waals surface area contributed by atoms with Gasteiger partial charge in [-0.05, 0) is 37.2 Å². The van der Waals surface area contributed by atoms with Crippen molar-refractivity contribution in [3.63, 3.8) is 0 Å². The quantitative estimate of drug-likeness (QED) is 0.536. The first-order valence-corrected chi connectivity index (χ1v) is 10.9. The highest BCUT2D eigenvalue weighted by Crippen LogP contribution is 2.28. The number of fused-ring (bicyclic) bond motifs is 1. The molecule has 7 nitrogen and oxygen atoms in total. The zero-order valence-electron chi connectivity index (χ0n) is 18.2. The Morgan fingerprint density at radius 2 is 1.84 bits per heavy atom. The van der Waals surface area contributed by atoms with Gasteiger partial charge in [-0.3, -0.25) is 9.89 Å². The van der Waals surface area contributed by atoms with E-state index in [1.807, 2.05) is 25.1 Å². The fraction of sp³-hybridized carbons (Fsp3) is 0.292. The minimum absolute atomic E-state index is 0.195. The van der Waals surface area contributed by atoms with Crippen LogP contribution >= 0.6 is 0 Å². The molecular weight excluding hydrogens is 407 g/mol. The molecule has 8 heteroatoms. The number of likely N-dealkylation sites (N-methyl/N-ethyl adjacent to an activating group) is 1. The molecule has 32 heavy (non-hydrogen) atoms. The number of nitrogens with zero attached hydrogens (tertiary/aromatic N) is 5. The largest absolute Gasteiger partial charge is 0.369 e. The van der Waals surface area contributed by atoms with Crippen LogP contribution in [-0.4, -0.2) is 58.1 Å². The van der Waals surface area contributed by atoms with E-state index >= 15 is 0 Å². The van der Waals surface area contributed by atoms with Crippen LogP contribution in [0.4, 0.5) is 10.1 Å². The molecule has 1 fully saturated rings. The third kappa shape index (κ3) is 3.56. The van der Waals surface area contributed by atoms with Gasteiger partial charge in [0.2, 0.25) is 0 Å². The molecule has 3 heterocycles. The Morgan fingerprint density at radius 3 is 2.62 bits per heavy atom. The van der Waals surface area contributed by atoms with Crippen molar-refractivity contribution in [2.45, 2.75) is 13.3 Å². The van der Waals surface area contributed by atoms with Crippen LogP contribution in [0.2, 0.25) is 0 Å². The normalized spacial score (nSPS) is 14.9. The molecule has 1 saturated heterocycles. The second-order valence-corrected chi connectivity index (χ2v) is 8.17. The van der Waals surface area contributed by atoms with Gasteiger partial charge in [0.05, 0.1) is 5.52 Å². The average Bonchev–Trinajstić information content (AvgIpc) is 3.21. The van der Waals surface area contributed by atoms with E-state index in [9.17, 15) is 9.18 Å². The van der Waals surface area contributed by atoms with Crippen LogP contribution in [0.15, 0.2) is 53.3 Å². The molecule has 0 unspecified atom stereocenters. The summed E-state index contributed by atoms with van der Waals surface area (Å²) in [5.41, 5.74) is 4.24. The number of aryl methyl sites for hydroxylation is 1. The summed E-state index contributed by atoms with van der Waals surface area (Å²) in [7, 11) is 2.13. The highest BCUT2D eigenvalue weighted by Gasteiger charge is 2.19. The van der Waals surface area contributed by atoms with Crippen LogP contribution in [-0.2, 0) is 6.42 Å². The minimum atomic E-state index is -0.472. The van der Waals surface area contributed by atoms with Crippen molar-refractivity contribution in [2.75, 3.05) is 38.1 Å². The van der Waals surface area contributed by atoms with Crippen molar-refractivity contribution in [1.29, 1.82) is 0 Å². The summed E-state index contributed by atoms with van der Waals surface area (Å²) in [5, 5.41) is 11.9. The monoisotopic (exact) mass is 432 g/mol. The molecule has 0 atom stereocenters. The number of halogens is 1. The summed E-state index contributed by atoms with van der Waals surface area (Å²) >= 11 is 0. The molecule has 2 aromatic heterocycles. The van der Waals surface area contributed by atoms with Crippen LogP contribution < -0.4 is 10.5 Å². The van der Waals surface area contributed by atoms with Gasteiger partial charge in [-0.25, -0.2) is 4.39 Å². The Bertz CT molecular complexity index is 1340. The maximum Gasteiger partial charge on any atom is 0.273 e. The van der Waals surface area contributed by atoms with E-state index in [4.69, 9.17) is 0 Å². The van der Waals surface area contributed by atoms with Crippen molar-refractivity contribution >= 4 is 16.7 Å². The van der Waals surface area contributed by atoms with Gasteiger partial charge < -0.3 is 9.80 Å². The number of piperazine rings is 1. The summed E-state index contributed by atoms with van der Waals surface area (Å²) in [6.45, 7) is 5.89. The number of rotatable bonds is 4. The molecule has 0 spiro atoms. The van der Waals surface area contributed by atoms with Gasteiger partial charge in [-0.2, -0.15) is 14.9 Å². The summed E-state index contributed by atoms with van der Waals surface area (Å²) in [6, 6.07) is 14.4. The van der Waals surface area contributed by atoms with Gasteiger partial charge in [0.1, 0.15) is 22.7 Å². The number of nitrogens with one attached hydrogen (secondary N) is 1. The van der Waals surface area contributed by atoms with E-state index in [2.05, 4.69) is 44.3 Å². The lowest BCUT2D eigenvalue weighted by Gasteiger charge is -2.34. The van der Waals surface area contributed by atoms with Gasteiger partial charge in [0.25, 0.3) is 5.56 Å². The Balaban J connectivity index is 1.61. The van der Waals surface area contributed by atoms with Gasteiger partial charge in [-0.15, -0.1) is 0 Å². The van der Waals surface area contributed by atoms with Crippen LogP contribution in [0.25, 0.3) is 28.0 Å². The van der Waals surface area contributed by atoms with Crippen molar-refractivity contribution in [3.05, 3.63) is 70.3 Å². The predicted octanol–water partition coefficient (Wildman–Crippen LogP) is 3.23. The molecule has 164 valence electrons. The molecule has 2 aromatic carbocycles. The Labute approximate surface area is 185 Å². The second-order valence-electron chi connectivity index (χ2n) is 8.17. The van der Waals surface area contributed by atoms with Crippen LogP contribution in [0.3, 0.4) is 0 Å². The summed E-state index contributed by atoms with van der Waals surface area (Å²) in [4.78, 5) is 17.4. The van der Waals surface area contributed by atoms with E-state index in [0.29, 0.717) is 23.1 Å². The number of hydrogen-bond acceptors (Lipinski definition) is 5. The molecule has 0 amide bonds. The SMILES string of the molecule is CCc1cccc(F)c1-n1nc2c(-c3cccc(N4CCN(C)CC4)c3)n[nH]c2cc1=O. The summed E-state index contributed by atoms with van der Waals surface area (Å²) in [5.74, 6) is -0.472. The molecule has 0 aliphatic carbocycles. The lowest BCUT2D eigenvalue weighted by molar-refractivity contribution is 0.313. The van der Waals surface area contributed by atoms with Crippen molar-refractivity contribution < 1.29 is 4.39 Å². The lowest BCUT2D eigenvalue weighted by atomic mass is 10.1. The highest BCUT2D eigenvalue weighted by molar-refractivity contribution is 5.89. The maximum atomic E-state index is 14.7. The number of para-hydroxylation sites is 1. The van der Waals surface area contributed by atoms with E-state index in [1.165, 1.54) is 12.1 Å². The first kappa shape index (κ1) is 20.4. The summed E-state index contributed by atoms with van der Waals surface area (Å²) in [6.07, 6.45) is 0.588. The first-order chi connectivity index (χ1) is 15.5. The van der Waals surface area contributed by atoms with Gasteiger partial charge in [0.15, 0.2) is 0 Å². The molecule has 1 N–H and O–H groups in total. The fourth-order valence-corrected chi connectivity index (χ4v) is 4.24. The smallest absolute Gasteiger partial charge is 0.273 e. The van der Waals surface area contributed by atoms with Crippen molar-refractivity contribution in [1.82, 2.24) is 24.9 Å². The molecule has 5 rings (SSSR count). The molecule has 4 aromatic rings. The second kappa shape index (κ2) is 8.20. The van der Waals surface area contributed by atoms with Crippen LogP contribution in [0.1, 0.15) is 12.5 Å². The number of hydrogen-bond donors (Lipinski definition) is 1. The molecular formula is C24H25FN6O. The van der Waals surface area contributed by atoms with Crippen molar-refractivity contribution in [2.24, 2.45) is 0 Å². The van der Waals surface area contributed by atoms with E-state index in [1.54, 1.807) is 6.07 Å². The Hall–Kier alpha value is -3.52. The molecule has 0 bridgehead atoms. The Kier molecular flexibility index (Phi) is 5.22. The third-order valence-corrected chi connectivity index (χ3v) is 6.10. The molecule has 1 aliphatic heterocycles. The predicted molar refractivity (Wildman–Crippen MR) is 124 cm³/mol. The number of aromatic amines is 1. The number of aromatic nitrogens is 4. The maximum absolute atomic E-state index is 14.7. The average molecular weight is 433 g/mol. The molecule has 1 aliphatic rings. The van der Waals surface area contributed by atoms with Crippen LogP contribution in [0, 0.1) is 5.82 Å². The van der Waals surface area contributed by atoms with Gasteiger partial charge in [0, 0.05) is 43.5 Å². The first-order valence-electron chi connectivity index (χ1n) is 10.9. The van der Waals surface area contributed by atoms with Gasteiger partial charge >= 0.3 is 0 Å². The number of benzene rings is 2. The highest BCUT2D eigenvalue weighted by atomic mass is 19.1. The van der Waals surface area contributed by atoms with Crippen molar-refractivity contribution in [3.8, 4) is 16.9 Å². The zero-order valence-corrected chi connectivity index (χ0v) is 18.2. The molecule has 0 saturated carbocycles. The number of H-pyrrole nitrogens is 1. The van der Waals surface area contributed by atoms with E-state index in [0.717, 1.165) is 47.7 Å². The van der Waals surface area contributed by atoms with Gasteiger partial charge in [-0.1, -0.05) is 31.2 Å². The fourth-order valence-electron chi connectivity index (χ4n) is 4.24.